The largest absolute Gasteiger partial charge is 0.0654 e. The van der Waals surface area contributed by atoms with Gasteiger partial charge in [-0.2, -0.15) is 0 Å². The Hall–Kier alpha value is -0.780. The van der Waals surface area contributed by atoms with Gasteiger partial charge in [0.15, 0.2) is 0 Å². The Bertz CT molecular complexity index is 332. The van der Waals surface area contributed by atoms with E-state index in [2.05, 4.69) is 37.3 Å². The maximum atomic E-state index is 2.32. The maximum Gasteiger partial charge on any atom is -0.0162 e. The molecule has 0 bridgehead atoms. The van der Waals surface area contributed by atoms with Gasteiger partial charge < -0.3 is 0 Å². The molecule has 1 aliphatic rings. The van der Waals surface area contributed by atoms with Crippen LogP contribution in [0.2, 0.25) is 0 Å². The third kappa shape index (κ3) is 5.31. The molecule has 0 N–H and O–H groups in total. The van der Waals surface area contributed by atoms with Gasteiger partial charge in [-0.3, -0.25) is 0 Å². The third-order valence-electron chi connectivity index (χ3n) is 5.08. The molecule has 0 spiro atoms. The predicted molar refractivity (Wildman–Crippen MR) is 89.1 cm³/mol. The van der Waals surface area contributed by atoms with E-state index in [0.717, 1.165) is 11.8 Å². The Morgan fingerprint density at radius 2 is 1.45 bits per heavy atom. The van der Waals surface area contributed by atoms with E-state index in [1.165, 1.54) is 70.6 Å². The van der Waals surface area contributed by atoms with Crippen LogP contribution in [0, 0.1) is 5.92 Å². The first kappa shape index (κ1) is 15.6. The molecule has 1 aromatic carbocycles. The van der Waals surface area contributed by atoms with Gasteiger partial charge in [-0.15, -0.1) is 0 Å². The van der Waals surface area contributed by atoms with Crippen LogP contribution < -0.4 is 0 Å². The van der Waals surface area contributed by atoms with Crippen molar-refractivity contribution in [3.8, 4) is 0 Å². The molecular weight excluding hydrogens is 240 g/mol. The molecule has 0 unspecified atom stereocenters. The quantitative estimate of drug-likeness (QED) is 0.461. The van der Waals surface area contributed by atoms with Crippen LogP contribution >= 0.6 is 0 Å². The summed E-state index contributed by atoms with van der Waals surface area (Å²) < 4.78 is 0. The normalized spacial score (nSPS) is 22.9. The molecule has 20 heavy (non-hydrogen) atoms. The molecule has 1 saturated carbocycles. The Morgan fingerprint density at radius 1 is 0.800 bits per heavy atom. The first-order chi connectivity index (χ1) is 9.90. The van der Waals surface area contributed by atoms with E-state index >= 15 is 0 Å². The van der Waals surface area contributed by atoms with Crippen molar-refractivity contribution in [2.75, 3.05) is 0 Å². The van der Waals surface area contributed by atoms with Gasteiger partial charge in [-0.05, 0) is 43.1 Å². The summed E-state index contributed by atoms with van der Waals surface area (Å²) in [6.07, 6.45) is 15.9. The Kier molecular flexibility index (Phi) is 7.19. The monoisotopic (exact) mass is 272 g/mol. The number of hydrogen-bond acceptors (Lipinski definition) is 0. The average Bonchev–Trinajstić information content (AvgIpc) is 2.52. The molecule has 0 heterocycles. The van der Waals surface area contributed by atoms with Crippen LogP contribution in [0.25, 0.3) is 0 Å². The predicted octanol–water partition coefficient (Wildman–Crippen LogP) is 6.71. The van der Waals surface area contributed by atoms with E-state index in [-0.39, 0.29) is 0 Å². The molecule has 0 amide bonds. The van der Waals surface area contributed by atoms with E-state index in [4.69, 9.17) is 0 Å². The third-order valence-corrected chi connectivity index (χ3v) is 5.08. The smallest absolute Gasteiger partial charge is 0.0162 e. The van der Waals surface area contributed by atoms with E-state index in [1.54, 1.807) is 5.56 Å². The minimum Gasteiger partial charge on any atom is -0.0654 e. The lowest BCUT2D eigenvalue weighted by molar-refractivity contribution is 0.302. The minimum atomic E-state index is 0.844. The summed E-state index contributed by atoms with van der Waals surface area (Å²) in [7, 11) is 0. The minimum absolute atomic E-state index is 0.844. The lowest BCUT2D eigenvalue weighted by Gasteiger charge is -2.28. The zero-order chi connectivity index (χ0) is 14.0. The summed E-state index contributed by atoms with van der Waals surface area (Å²) in [5, 5.41) is 0. The van der Waals surface area contributed by atoms with Gasteiger partial charge in [0.05, 0.1) is 0 Å². The molecule has 0 nitrogen and oxygen atoms in total. The van der Waals surface area contributed by atoms with Crippen molar-refractivity contribution < 1.29 is 0 Å². The van der Waals surface area contributed by atoms with Crippen LogP contribution in [0.4, 0.5) is 0 Å². The van der Waals surface area contributed by atoms with Gasteiger partial charge in [0, 0.05) is 0 Å². The summed E-state index contributed by atoms with van der Waals surface area (Å²) in [6.45, 7) is 2.30. The first-order valence-corrected chi connectivity index (χ1v) is 8.95. The Balaban J connectivity index is 1.58. The van der Waals surface area contributed by atoms with Gasteiger partial charge in [0.2, 0.25) is 0 Å². The molecule has 0 heteroatoms. The molecule has 0 aliphatic heterocycles. The second-order valence-corrected chi connectivity index (χ2v) is 6.68. The fraction of sp³-hybridized carbons (Fsp3) is 0.700. The van der Waals surface area contributed by atoms with Gasteiger partial charge in [0.25, 0.3) is 0 Å². The van der Waals surface area contributed by atoms with Crippen molar-refractivity contribution in [3.05, 3.63) is 35.9 Å². The molecule has 1 aliphatic carbocycles. The summed E-state index contributed by atoms with van der Waals surface area (Å²) in [5.74, 6) is 1.87. The lowest BCUT2D eigenvalue weighted by Crippen LogP contribution is -2.13. The molecule has 0 aromatic heterocycles. The molecule has 0 radical (unpaired) electrons. The summed E-state index contributed by atoms with van der Waals surface area (Å²) in [6, 6.07) is 11.2. The van der Waals surface area contributed by atoms with Crippen LogP contribution in [-0.2, 0) is 0 Å². The second-order valence-electron chi connectivity index (χ2n) is 6.68. The van der Waals surface area contributed by atoms with Crippen LogP contribution in [-0.4, -0.2) is 0 Å². The van der Waals surface area contributed by atoms with E-state index < -0.39 is 0 Å². The zero-order valence-electron chi connectivity index (χ0n) is 13.3. The number of unbranched alkanes of at least 4 members (excludes halogenated alkanes) is 5. The van der Waals surface area contributed by atoms with E-state index in [0.29, 0.717) is 0 Å². The highest BCUT2D eigenvalue weighted by Gasteiger charge is 2.21. The maximum absolute atomic E-state index is 2.32. The highest BCUT2D eigenvalue weighted by Crippen LogP contribution is 2.37. The lowest BCUT2D eigenvalue weighted by atomic mass is 9.77. The van der Waals surface area contributed by atoms with Crippen molar-refractivity contribution in [3.63, 3.8) is 0 Å². The van der Waals surface area contributed by atoms with Crippen LogP contribution in [0.3, 0.4) is 0 Å². The number of benzene rings is 1. The highest BCUT2D eigenvalue weighted by molar-refractivity contribution is 5.19. The van der Waals surface area contributed by atoms with E-state index in [1.807, 2.05) is 0 Å². The summed E-state index contributed by atoms with van der Waals surface area (Å²) >= 11 is 0. The average molecular weight is 272 g/mol. The number of rotatable bonds is 8. The van der Waals surface area contributed by atoms with Gasteiger partial charge >= 0.3 is 0 Å². The molecule has 1 fully saturated rings. The Labute approximate surface area is 126 Å². The molecular formula is C20H32. The fourth-order valence-electron chi connectivity index (χ4n) is 3.72. The van der Waals surface area contributed by atoms with Crippen molar-refractivity contribution in [2.45, 2.75) is 83.5 Å². The van der Waals surface area contributed by atoms with Crippen molar-refractivity contribution in [2.24, 2.45) is 5.92 Å². The van der Waals surface area contributed by atoms with Crippen LogP contribution in [0.1, 0.15) is 89.0 Å². The number of hydrogen-bond donors (Lipinski definition) is 0. The van der Waals surface area contributed by atoms with Crippen molar-refractivity contribution in [1.82, 2.24) is 0 Å². The molecule has 2 rings (SSSR count). The van der Waals surface area contributed by atoms with Crippen molar-refractivity contribution >= 4 is 0 Å². The zero-order valence-corrected chi connectivity index (χ0v) is 13.3. The van der Waals surface area contributed by atoms with Crippen molar-refractivity contribution in [1.29, 1.82) is 0 Å². The first-order valence-electron chi connectivity index (χ1n) is 8.95. The van der Waals surface area contributed by atoms with Gasteiger partial charge in [-0.1, -0.05) is 82.2 Å². The fourth-order valence-corrected chi connectivity index (χ4v) is 3.72. The molecule has 0 atom stereocenters. The molecule has 112 valence electrons. The highest BCUT2D eigenvalue weighted by atomic mass is 14.3. The standard InChI is InChI=1S/C20H32/c1-2-3-4-5-6-8-11-18-14-16-20(17-15-18)19-12-9-7-10-13-19/h7,9-10,12-13,18,20H,2-6,8,11,14-17H2,1H3. The molecule has 1 aromatic rings. The van der Waals surface area contributed by atoms with Crippen LogP contribution in [0.15, 0.2) is 30.3 Å². The molecule has 0 saturated heterocycles. The topological polar surface area (TPSA) is 0 Å². The van der Waals surface area contributed by atoms with Gasteiger partial charge in [-0.25, -0.2) is 0 Å². The summed E-state index contributed by atoms with van der Waals surface area (Å²) in [4.78, 5) is 0. The Morgan fingerprint density at radius 3 is 2.15 bits per heavy atom. The summed E-state index contributed by atoms with van der Waals surface area (Å²) in [5.41, 5.74) is 1.57. The second kappa shape index (κ2) is 9.21. The van der Waals surface area contributed by atoms with E-state index in [9.17, 15) is 0 Å². The van der Waals surface area contributed by atoms with Crippen LogP contribution in [0.5, 0.6) is 0 Å². The SMILES string of the molecule is CCCCCCCCC1CCC(c2ccccc2)CC1. The van der Waals surface area contributed by atoms with Gasteiger partial charge in [0.1, 0.15) is 0 Å².